The number of rotatable bonds is 8. The lowest BCUT2D eigenvalue weighted by Crippen LogP contribution is -2.37. The maximum atomic E-state index is 13.1. The smallest absolute Gasteiger partial charge is 0.262 e. The Morgan fingerprint density at radius 2 is 2.10 bits per heavy atom. The fourth-order valence-electron chi connectivity index (χ4n) is 3.82. The minimum atomic E-state index is -0.0288. The molecule has 0 fully saturated rings. The second-order valence-electron chi connectivity index (χ2n) is 7.61. The number of hydrogen-bond acceptors (Lipinski definition) is 6. The predicted octanol–water partition coefficient (Wildman–Crippen LogP) is 3.73. The topological polar surface area (TPSA) is 64.4 Å². The Labute approximate surface area is 190 Å². The van der Waals surface area contributed by atoms with Gasteiger partial charge < -0.3 is 9.64 Å². The van der Waals surface area contributed by atoms with Gasteiger partial charge >= 0.3 is 0 Å². The van der Waals surface area contributed by atoms with E-state index in [1.165, 1.54) is 22.9 Å². The second-order valence-corrected chi connectivity index (χ2v) is 9.66. The van der Waals surface area contributed by atoms with E-state index in [1.54, 1.807) is 23.0 Å². The van der Waals surface area contributed by atoms with Crippen LogP contribution < -0.4 is 5.56 Å². The Kier molecular flexibility index (Phi) is 7.09. The molecule has 1 aliphatic rings. The molecule has 0 unspecified atom stereocenters. The third-order valence-corrected chi connectivity index (χ3v) is 7.69. The molecule has 1 aliphatic heterocycles. The highest BCUT2D eigenvalue weighted by Crippen LogP contribution is 2.26. The van der Waals surface area contributed by atoms with Gasteiger partial charge in [0.25, 0.3) is 5.56 Å². The van der Waals surface area contributed by atoms with Gasteiger partial charge in [0.2, 0.25) is 5.91 Å². The first-order valence-electron chi connectivity index (χ1n) is 10.6. The van der Waals surface area contributed by atoms with Gasteiger partial charge in [0.1, 0.15) is 4.83 Å². The summed E-state index contributed by atoms with van der Waals surface area (Å²) in [5.74, 6) is 0.355. The molecule has 3 aromatic rings. The number of thiophene rings is 1. The Morgan fingerprint density at radius 1 is 1.29 bits per heavy atom. The number of nitrogens with zero attached hydrogens (tertiary/aromatic N) is 3. The molecule has 0 radical (unpaired) electrons. The number of amides is 1. The average molecular weight is 458 g/mol. The molecule has 0 saturated carbocycles. The van der Waals surface area contributed by atoms with E-state index in [2.05, 4.69) is 19.1 Å². The van der Waals surface area contributed by atoms with Gasteiger partial charge in [-0.15, -0.1) is 11.3 Å². The van der Waals surface area contributed by atoms with Gasteiger partial charge in [0.15, 0.2) is 5.16 Å². The van der Waals surface area contributed by atoms with Crippen LogP contribution in [0.15, 0.2) is 40.3 Å². The molecule has 0 spiro atoms. The Hall–Kier alpha value is -2.16. The second kappa shape index (κ2) is 9.97. The molecule has 0 atom stereocenters. The molecule has 31 heavy (non-hydrogen) atoms. The summed E-state index contributed by atoms with van der Waals surface area (Å²) in [4.78, 5) is 34.6. The van der Waals surface area contributed by atoms with Crippen molar-refractivity contribution in [2.75, 3.05) is 26.0 Å². The highest BCUT2D eigenvalue weighted by Gasteiger charge is 2.22. The summed E-state index contributed by atoms with van der Waals surface area (Å²) in [5.41, 5.74) is 2.51. The molecule has 0 bridgehead atoms. The van der Waals surface area contributed by atoms with E-state index in [4.69, 9.17) is 9.72 Å². The lowest BCUT2D eigenvalue weighted by Gasteiger charge is -2.28. The number of aromatic nitrogens is 2. The molecule has 1 aromatic carbocycles. The number of ether oxygens (including phenoxy) is 1. The fraction of sp³-hybridized carbons (Fsp3) is 0.435. The zero-order valence-corrected chi connectivity index (χ0v) is 19.6. The molecule has 0 saturated heterocycles. The van der Waals surface area contributed by atoms with Crippen molar-refractivity contribution < 1.29 is 9.53 Å². The summed E-state index contributed by atoms with van der Waals surface area (Å²) < 4.78 is 6.86. The van der Waals surface area contributed by atoms with Crippen molar-refractivity contribution in [3.63, 3.8) is 0 Å². The number of carbonyl (C=O) groups excluding carboxylic acids is 1. The molecule has 6 nitrogen and oxygen atoms in total. The van der Waals surface area contributed by atoms with Crippen molar-refractivity contribution in [3.8, 4) is 0 Å². The van der Waals surface area contributed by atoms with E-state index < -0.39 is 0 Å². The van der Waals surface area contributed by atoms with E-state index >= 15 is 0 Å². The molecular formula is C23H27N3O3S2. The van der Waals surface area contributed by atoms with Crippen molar-refractivity contribution >= 4 is 39.2 Å². The predicted molar refractivity (Wildman–Crippen MR) is 126 cm³/mol. The SMILES string of the molecule is CCc1cc2c(=O)n(CCCOC)c(SCC(=O)N3CCc4ccccc4C3)nc2s1. The molecule has 0 N–H and O–H groups in total. The van der Waals surface area contributed by atoms with E-state index in [-0.39, 0.29) is 17.2 Å². The van der Waals surface area contributed by atoms with Crippen LogP contribution >= 0.6 is 23.1 Å². The van der Waals surface area contributed by atoms with Gasteiger partial charge in [-0.25, -0.2) is 4.98 Å². The molecule has 8 heteroatoms. The lowest BCUT2D eigenvalue weighted by atomic mass is 10.00. The highest BCUT2D eigenvalue weighted by molar-refractivity contribution is 7.99. The van der Waals surface area contributed by atoms with E-state index in [0.29, 0.717) is 30.2 Å². The summed E-state index contributed by atoms with van der Waals surface area (Å²) >= 11 is 2.92. The maximum Gasteiger partial charge on any atom is 0.262 e. The monoisotopic (exact) mass is 457 g/mol. The van der Waals surface area contributed by atoms with E-state index in [0.717, 1.165) is 35.5 Å². The Morgan fingerprint density at radius 3 is 2.87 bits per heavy atom. The number of fused-ring (bicyclic) bond motifs is 2. The van der Waals surface area contributed by atoms with Crippen LogP contribution in [0.3, 0.4) is 0 Å². The number of thioether (sulfide) groups is 1. The number of aryl methyl sites for hydroxylation is 1. The summed E-state index contributed by atoms with van der Waals surface area (Å²) in [6.45, 7) is 4.56. The van der Waals surface area contributed by atoms with Crippen molar-refractivity contribution in [2.24, 2.45) is 0 Å². The van der Waals surface area contributed by atoms with Crippen LogP contribution in [0.25, 0.3) is 10.2 Å². The normalized spacial score (nSPS) is 13.5. The summed E-state index contributed by atoms with van der Waals surface area (Å²) in [6.07, 6.45) is 2.48. The van der Waals surface area contributed by atoms with Gasteiger partial charge in [-0.3, -0.25) is 14.2 Å². The summed E-state index contributed by atoms with van der Waals surface area (Å²) in [6, 6.07) is 10.2. The quantitative estimate of drug-likeness (QED) is 0.293. The largest absolute Gasteiger partial charge is 0.385 e. The zero-order valence-electron chi connectivity index (χ0n) is 17.9. The molecule has 4 rings (SSSR count). The molecular weight excluding hydrogens is 430 g/mol. The van der Waals surface area contributed by atoms with Crippen molar-refractivity contribution in [1.82, 2.24) is 14.5 Å². The lowest BCUT2D eigenvalue weighted by molar-refractivity contribution is -0.129. The summed E-state index contributed by atoms with van der Waals surface area (Å²) in [5, 5.41) is 1.28. The maximum absolute atomic E-state index is 13.1. The first kappa shape index (κ1) is 22.0. The molecule has 1 amide bonds. The van der Waals surface area contributed by atoms with Gasteiger partial charge in [0, 0.05) is 38.2 Å². The van der Waals surface area contributed by atoms with E-state index in [1.807, 2.05) is 23.1 Å². The molecule has 0 aliphatic carbocycles. The molecule has 164 valence electrons. The van der Waals surface area contributed by atoms with Crippen molar-refractivity contribution in [2.45, 2.75) is 44.4 Å². The number of methoxy groups -OCH3 is 1. The van der Waals surface area contributed by atoms with Gasteiger partial charge in [-0.05, 0) is 36.5 Å². The van der Waals surface area contributed by atoms with Crippen LogP contribution in [0, 0.1) is 0 Å². The van der Waals surface area contributed by atoms with Gasteiger partial charge in [-0.1, -0.05) is 43.0 Å². The Bertz CT molecular complexity index is 1140. The zero-order chi connectivity index (χ0) is 21.8. The number of benzene rings is 1. The van der Waals surface area contributed by atoms with Gasteiger partial charge in [-0.2, -0.15) is 0 Å². The number of hydrogen-bond donors (Lipinski definition) is 0. The first-order valence-corrected chi connectivity index (χ1v) is 12.4. The average Bonchev–Trinajstić information content (AvgIpc) is 3.22. The summed E-state index contributed by atoms with van der Waals surface area (Å²) in [7, 11) is 1.65. The first-order chi connectivity index (χ1) is 15.1. The van der Waals surface area contributed by atoms with Crippen LogP contribution in [-0.2, 0) is 35.5 Å². The van der Waals surface area contributed by atoms with Crippen molar-refractivity contribution in [1.29, 1.82) is 0 Å². The van der Waals surface area contributed by atoms with Crippen LogP contribution in [-0.4, -0.2) is 46.4 Å². The minimum Gasteiger partial charge on any atom is -0.385 e. The molecule has 2 aromatic heterocycles. The van der Waals surface area contributed by atoms with Crippen LogP contribution in [0.5, 0.6) is 0 Å². The van der Waals surface area contributed by atoms with Crippen LogP contribution in [0.2, 0.25) is 0 Å². The van der Waals surface area contributed by atoms with E-state index in [9.17, 15) is 9.59 Å². The number of carbonyl (C=O) groups is 1. The van der Waals surface area contributed by atoms with Crippen molar-refractivity contribution in [3.05, 3.63) is 56.7 Å². The van der Waals surface area contributed by atoms with Crippen LogP contribution in [0.4, 0.5) is 0 Å². The Balaban J connectivity index is 1.53. The van der Waals surface area contributed by atoms with Crippen LogP contribution in [0.1, 0.15) is 29.3 Å². The minimum absolute atomic E-state index is 0.0288. The van der Waals surface area contributed by atoms with Gasteiger partial charge in [0.05, 0.1) is 11.1 Å². The third kappa shape index (κ3) is 4.86. The fourth-order valence-corrected chi connectivity index (χ4v) is 5.76. The standard InChI is InChI=1S/C23H27N3O3S2/c1-3-18-13-19-21(31-18)24-23(26(22(19)28)10-6-12-29-2)30-15-20(27)25-11-9-16-7-4-5-8-17(16)14-25/h4-5,7-8,13H,3,6,9-12,14-15H2,1-2H3. The highest BCUT2D eigenvalue weighted by atomic mass is 32.2. The molecule has 3 heterocycles. The third-order valence-electron chi connectivity index (χ3n) is 5.55.